The topological polar surface area (TPSA) is 103 Å². The molecule has 1 aliphatic rings. The second-order valence-corrected chi connectivity index (χ2v) is 8.45. The molecule has 0 radical (unpaired) electrons. The Kier molecular flexibility index (Phi) is 7.15. The van der Waals surface area contributed by atoms with Crippen LogP contribution in [0.2, 0.25) is 0 Å². The second kappa shape index (κ2) is 10.4. The Balaban J connectivity index is 1.93. The molecule has 1 heterocycles. The summed E-state index contributed by atoms with van der Waals surface area (Å²) in [5.41, 5.74) is 1.81. The van der Waals surface area contributed by atoms with E-state index in [2.05, 4.69) is 0 Å². The average molecular weight is 475 g/mol. The normalized spacial score (nSPS) is 21.6. The number of ether oxygens (including phenoxy) is 2. The molecule has 180 valence electrons. The van der Waals surface area contributed by atoms with Gasteiger partial charge in [0, 0.05) is 29.9 Å². The average Bonchev–Trinajstić information content (AvgIpc) is 2.84. The zero-order valence-electron chi connectivity index (χ0n) is 19.4. The van der Waals surface area contributed by atoms with Crippen molar-refractivity contribution in [3.63, 3.8) is 0 Å². The van der Waals surface area contributed by atoms with Gasteiger partial charge in [-0.1, -0.05) is 60.7 Å². The van der Waals surface area contributed by atoms with E-state index in [1.807, 2.05) is 60.7 Å². The lowest BCUT2D eigenvalue weighted by Crippen LogP contribution is -2.43. The minimum absolute atomic E-state index is 0.158. The van der Waals surface area contributed by atoms with Gasteiger partial charge in [0.05, 0.1) is 26.7 Å². The number of esters is 1. The molecule has 3 aromatic rings. The number of hydrogen-bond donors (Lipinski definition) is 1. The third kappa shape index (κ3) is 5.04. The minimum Gasteiger partial charge on any atom is -0.496 e. The monoisotopic (exact) mass is 474 g/mol. The highest BCUT2D eigenvalue weighted by Crippen LogP contribution is 2.65. The van der Waals surface area contributed by atoms with Crippen molar-refractivity contribution in [3.8, 4) is 5.75 Å². The largest absolute Gasteiger partial charge is 0.496 e. The standard InChI is InChI=1S/C28H26O7/c1-33-20-15-21(35-24(32)16-20)28-25(17-9-5-3-6-10-17)27(26(28)18-11-7-4-8-12-18)19(13-22(29)30)14-23(31)34-2/h3-13,15-16,25-28H,14H2,1-2H3,(H,29,30)/b19-13+. The summed E-state index contributed by atoms with van der Waals surface area (Å²) >= 11 is 0. The third-order valence-corrected chi connectivity index (χ3v) is 6.56. The van der Waals surface area contributed by atoms with Crippen molar-refractivity contribution in [1.82, 2.24) is 0 Å². The van der Waals surface area contributed by atoms with Crippen LogP contribution in [0.1, 0.15) is 41.1 Å². The van der Waals surface area contributed by atoms with Crippen molar-refractivity contribution in [1.29, 1.82) is 0 Å². The first-order chi connectivity index (χ1) is 16.9. The van der Waals surface area contributed by atoms with E-state index in [-0.39, 0.29) is 30.1 Å². The summed E-state index contributed by atoms with van der Waals surface area (Å²) in [5, 5.41) is 9.63. The highest BCUT2D eigenvalue weighted by molar-refractivity contribution is 5.83. The molecular formula is C28H26O7. The molecule has 1 saturated carbocycles. The summed E-state index contributed by atoms with van der Waals surface area (Å²) in [7, 11) is 2.76. The van der Waals surface area contributed by atoms with Gasteiger partial charge in [0.1, 0.15) is 11.5 Å². The van der Waals surface area contributed by atoms with Gasteiger partial charge in [0.25, 0.3) is 0 Å². The fourth-order valence-electron chi connectivity index (χ4n) is 5.16. The first kappa shape index (κ1) is 24.0. The van der Waals surface area contributed by atoms with Gasteiger partial charge in [-0.25, -0.2) is 9.59 Å². The summed E-state index contributed by atoms with van der Waals surface area (Å²) in [6.45, 7) is 0. The Morgan fingerprint density at radius 1 is 0.914 bits per heavy atom. The molecule has 2 atom stereocenters. The lowest BCUT2D eigenvalue weighted by atomic mass is 9.49. The minimum atomic E-state index is -1.14. The maximum atomic E-state index is 12.3. The maximum absolute atomic E-state index is 12.3. The number of hydrogen-bond acceptors (Lipinski definition) is 6. The molecule has 0 amide bonds. The van der Waals surface area contributed by atoms with Crippen molar-refractivity contribution in [2.75, 3.05) is 14.2 Å². The predicted octanol–water partition coefficient (Wildman–Crippen LogP) is 4.50. The van der Waals surface area contributed by atoms with Crippen LogP contribution in [0.4, 0.5) is 0 Å². The molecule has 1 aromatic heterocycles. The molecule has 4 rings (SSSR count). The van der Waals surface area contributed by atoms with Crippen LogP contribution in [0.5, 0.6) is 5.75 Å². The molecule has 0 saturated heterocycles. The Hall–Kier alpha value is -4.13. The molecule has 35 heavy (non-hydrogen) atoms. The lowest BCUT2D eigenvalue weighted by molar-refractivity contribution is -0.140. The van der Waals surface area contributed by atoms with Crippen LogP contribution in [0.3, 0.4) is 0 Å². The van der Waals surface area contributed by atoms with Crippen molar-refractivity contribution in [2.24, 2.45) is 5.92 Å². The highest BCUT2D eigenvalue weighted by atomic mass is 16.5. The van der Waals surface area contributed by atoms with Gasteiger partial charge in [-0.05, 0) is 22.6 Å². The number of carbonyl (C=O) groups is 2. The number of rotatable bonds is 8. The lowest BCUT2D eigenvalue weighted by Gasteiger charge is -2.53. The Labute approximate surface area is 202 Å². The summed E-state index contributed by atoms with van der Waals surface area (Å²) in [6.07, 6.45) is 0.945. The number of methoxy groups -OCH3 is 2. The molecule has 0 bridgehead atoms. The molecule has 7 nitrogen and oxygen atoms in total. The second-order valence-electron chi connectivity index (χ2n) is 8.45. The molecule has 1 N–H and O–H groups in total. The molecule has 0 spiro atoms. The van der Waals surface area contributed by atoms with Crippen LogP contribution >= 0.6 is 0 Å². The van der Waals surface area contributed by atoms with Gasteiger partial charge >= 0.3 is 17.6 Å². The Morgan fingerprint density at radius 3 is 1.97 bits per heavy atom. The van der Waals surface area contributed by atoms with E-state index in [9.17, 15) is 19.5 Å². The number of aliphatic carboxylic acids is 1. The van der Waals surface area contributed by atoms with Gasteiger partial charge in [0.2, 0.25) is 0 Å². The SMILES string of the molecule is COC(=O)C/C(=C\C(=O)O)C1C(c2ccccc2)C(c2cc(OC)cc(=O)o2)C1c1ccccc1. The fourth-order valence-corrected chi connectivity index (χ4v) is 5.16. The van der Waals surface area contributed by atoms with Crippen molar-refractivity contribution >= 4 is 11.9 Å². The molecule has 0 aliphatic heterocycles. The smallest absolute Gasteiger partial charge is 0.339 e. The highest BCUT2D eigenvalue weighted by Gasteiger charge is 2.55. The molecule has 2 unspecified atom stereocenters. The van der Waals surface area contributed by atoms with Gasteiger partial charge in [-0.2, -0.15) is 0 Å². The van der Waals surface area contributed by atoms with Gasteiger partial charge < -0.3 is 19.0 Å². The first-order valence-corrected chi connectivity index (χ1v) is 11.2. The van der Waals surface area contributed by atoms with Crippen LogP contribution in [0.25, 0.3) is 0 Å². The van der Waals surface area contributed by atoms with Crippen molar-refractivity contribution in [2.45, 2.75) is 24.2 Å². The van der Waals surface area contributed by atoms with Crippen molar-refractivity contribution < 1.29 is 28.6 Å². The van der Waals surface area contributed by atoms with E-state index in [0.717, 1.165) is 17.2 Å². The van der Waals surface area contributed by atoms with E-state index >= 15 is 0 Å². The molecule has 2 aromatic carbocycles. The quantitative estimate of drug-likeness (QED) is 0.379. The van der Waals surface area contributed by atoms with E-state index < -0.39 is 17.6 Å². The van der Waals surface area contributed by atoms with E-state index in [0.29, 0.717) is 17.1 Å². The third-order valence-electron chi connectivity index (χ3n) is 6.56. The van der Waals surface area contributed by atoms with Crippen LogP contribution in [-0.4, -0.2) is 31.3 Å². The maximum Gasteiger partial charge on any atom is 0.339 e. The Bertz CT molecular complexity index is 1230. The van der Waals surface area contributed by atoms with Crippen LogP contribution < -0.4 is 10.4 Å². The van der Waals surface area contributed by atoms with Crippen LogP contribution in [-0.2, 0) is 14.3 Å². The molecule has 1 aliphatic carbocycles. The summed E-state index contributed by atoms with van der Waals surface area (Å²) in [5.74, 6) is -2.00. The molecule has 7 heteroatoms. The van der Waals surface area contributed by atoms with Crippen LogP contribution in [0, 0.1) is 5.92 Å². The molecular weight excluding hydrogens is 448 g/mol. The summed E-state index contributed by atoms with van der Waals surface area (Å²) in [4.78, 5) is 36.4. The number of carboxylic acid groups (broad SMARTS) is 1. The first-order valence-electron chi connectivity index (χ1n) is 11.2. The zero-order valence-corrected chi connectivity index (χ0v) is 19.4. The number of carbonyl (C=O) groups excluding carboxylic acids is 1. The number of carboxylic acids is 1. The van der Waals surface area contributed by atoms with Crippen molar-refractivity contribution in [3.05, 3.63) is 112 Å². The summed E-state index contributed by atoms with van der Waals surface area (Å²) in [6, 6.07) is 22.2. The zero-order chi connectivity index (χ0) is 24.9. The predicted molar refractivity (Wildman–Crippen MR) is 128 cm³/mol. The number of benzene rings is 2. The van der Waals surface area contributed by atoms with E-state index in [4.69, 9.17) is 13.9 Å². The molecule has 1 fully saturated rings. The Morgan fingerprint density at radius 2 is 1.49 bits per heavy atom. The van der Waals surface area contributed by atoms with Gasteiger partial charge in [-0.15, -0.1) is 0 Å². The fraction of sp³-hybridized carbons (Fsp3) is 0.250. The summed E-state index contributed by atoms with van der Waals surface area (Å²) < 4.78 is 15.9. The van der Waals surface area contributed by atoms with E-state index in [1.54, 1.807) is 6.07 Å². The van der Waals surface area contributed by atoms with E-state index in [1.165, 1.54) is 20.3 Å². The van der Waals surface area contributed by atoms with Gasteiger partial charge in [0.15, 0.2) is 0 Å². The van der Waals surface area contributed by atoms with Gasteiger partial charge in [-0.3, -0.25) is 4.79 Å². The van der Waals surface area contributed by atoms with Crippen LogP contribution in [0.15, 0.2) is 93.7 Å².